The Bertz CT molecular complexity index is 211. The van der Waals surface area contributed by atoms with E-state index in [4.69, 9.17) is 0 Å². The van der Waals surface area contributed by atoms with Crippen LogP contribution in [0.1, 0.15) is 47.5 Å². The van der Waals surface area contributed by atoms with E-state index >= 15 is 0 Å². The van der Waals surface area contributed by atoms with Crippen LogP contribution in [0.4, 0.5) is 0 Å². The molecular formula is C12H23NO. The first-order valence-corrected chi connectivity index (χ1v) is 5.64. The van der Waals surface area contributed by atoms with E-state index in [1.165, 1.54) is 12.8 Å². The zero-order chi connectivity index (χ0) is 10.9. The Balaban J connectivity index is 2.64. The van der Waals surface area contributed by atoms with Gasteiger partial charge in [0.1, 0.15) is 0 Å². The van der Waals surface area contributed by atoms with Crippen LogP contribution in [0, 0.1) is 11.8 Å². The van der Waals surface area contributed by atoms with Gasteiger partial charge in [0.25, 0.3) is 0 Å². The number of carbonyl (C=O) groups is 1. The van der Waals surface area contributed by atoms with Crippen LogP contribution in [0.3, 0.4) is 0 Å². The minimum absolute atomic E-state index is 0.0239. The molecule has 2 heteroatoms. The molecule has 2 nitrogen and oxygen atoms in total. The Kier molecular flexibility index (Phi) is 3.23. The normalized spacial score (nSPS) is 17.3. The minimum atomic E-state index is -0.0239. The van der Waals surface area contributed by atoms with Gasteiger partial charge in [-0.05, 0) is 39.5 Å². The largest absolute Gasteiger partial charge is 0.337 e. The van der Waals surface area contributed by atoms with Gasteiger partial charge in [-0.2, -0.15) is 0 Å². The molecular weight excluding hydrogens is 174 g/mol. The molecule has 0 atom stereocenters. The number of nitrogens with zero attached hydrogens (tertiary/aromatic N) is 1. The summed E-state index contributed by atoms with van der Waals surface area (Å²) in [6, 6.07) is 0. The fourth-order valence-corrected chi connectivity index (χ4v) is 1.56. The second-order valence-electron chi connectivity index (χ2n) is 5.72. The van der Waals surface area contributed by atoms with Crippen LogP contribution in [0.15, 0.2) is 0 Å². The first-order valence-electron chi connectivity index (χ1n) is 5.64. The Morgan fingerprint density at radius 3 is 2.14 bits per heavy atom. The summed E-state index contributed by atoms with van der Waals surface area (Å²) in [5.41, 5.74) is -0.0239. The number of hydrogen-bond acceptors (Lipinski definition) is 1. The fourth-order valence-electron chi connectivity index (χ4n) is 1.56. The standard InChI is InChI=1S/C12H23NO/c1-9(2)11(14)13(12(3,4)5)8-10-6-7-10/h9-10H,6-8H2,1-5H3. The first-order chi connectivity index (χ1) is 6.32. The van der Waals surface area contributed by atoms with Gasteiger partial charge in [0.15, 0.2) is 0 Å². The van der Waals surface area contributed by atoms with Crippen molar-refractivity contribution in [2.75, 3.05) is 6.54 Å². The quantitative estimate of drug-likeness (QED) is 0.681. The topological polar surface area (TPSA) is 20.3 Å². The van der Waals surface area contributed by atoms with Crippen molar-refractivity contribution in [3.63, 3.8) is 0 Å². The molecule has 0 aliphatic heterocycles. The van der Waals surface area contributed by atoms with Gasteiger partial charge in [-0.1, -0.05) is 13.8 Å². The van der Waals surface area contributed by atoms with Gasteiger partial charge in [0.05, 0.1) is 0 Å². The van der Waals surface area contributed by atoms with Crippen molar-refractivity contribution in [1.82, 2.24) is 4.90 Å². The predicted octanol–water partition coefficient (Wildman–Crippen LogP) is 2.68. The number of carbonyl (C=O) groups excluding carboxylic acids is 1. The van der Waals surface area contributed by atoms with Crippen molar-refractivity contribution >= 4 is 5.91 Å². The molecule has 0 radical (unpaired) electrons. The van der Waals surface area contributed by atoms with Crippen LogP contribution in [0.2, 0.25) is 0 Å². The van der Waals surface area contributed by atoms with E-state index in [2.05, 4.69) is 25.7 Å². The Labute approximate surface area is 87.7 Å². The average Bonchev–Trinajstić information content (AvgIpc) is 2.79. The summed E-state index contributed by atoms with van der Waals surface area (Å²) in [6.45, 7) is 11.3. The van der Waals surface area contributed by atoms with E-state index in [9.17, 15) is 4.79 Å². The molecule has 1 saturated carbocycles. The van der Waals surface area contributed by atoms with Gasteiger partial charge in [0.2, 0.25) is 5.91 Å². The van der Waals surface area contributed by atoms with Crippen LogP contribution in [-0.4, -0.2) is 22.9 Å². The van der Waals surface area contributed by atoms with Crippen molar-refractivity contribution < 1.29 is 4.79 Å². The molecule has 1 aliphatic rings. The molecule has 0 unspecified atom stereocenters. The summed E-state index contributed by atoms with van der Waals surface area (Å²) in [5.74, 6) is 1.19. The van der Waals surface area contributed by atoms with Gasteiger partial charge < -0.3 is 4.90 Å². The maximum atomic E-state index is 12.0. The van der Waals surface area contributed by atoms with Crippen molar-refractivity contribution in [3.8, 4) is 0 Å². The van der Waals surface area contributed by atoms with Crippen molar-refractivity contribution in [2.24, 2.45) is 11.8 Å². The van der Waals surface area contributed by atoms with Crippen LogP contribution in [0.5, 0.6) is 0 Å². The van der Waals surface area contributed by atoms with Crippen LogP contribution in [0.25, 0.3) is 0 Å². The summed E-state index contributed by atoms with van der Waals surface area (Å²) >= 11 is 0. The van der Waals surface area contributed by atoms with E-state index in [-0.39, 0.29) is 11.5 Å². The summed E-state index contributed by atoms with van der Waals surface area (Å²) in [6.07, 6.45) is 2.61. The zero-order valence-electron chi connectivity index (χ0n) is 10.1. The fraction of sp³-hybridized carbons (Fsp3) is 0.917. The highest BCUT2D eigenvalue weighted by molar-refractivity contribution is 5.78. The molecule has 0 aromatic heterocycles. The molecule has 1 fully saturated rings. The van der Waals surface area contributed by atoms with Crippen LogP contribution < -0.4 is 0 Å². The lowest BCUT2D eigenvalue weighted by molar-refractivity contribution is -0.139. The van der Waals surface area contributed by atoms with Crippen molar-refractivity contribution in [2.45, 2.75) is 53.0 Å². The monoisotopic (exact) mass is 197 g/mol. The second kappa shape index (κ2) is 3.92. The van der Waals surface area contributed by atoms with Crippen LogP contribution >= 0.6 is 0 Å². The zero-order valence-corrected chi connectivity index (χ0v) is 10.1. The Morgan fingerprint density at radius 2 is 1.86 bits per heavy atom. The number of amides is 1. The third kappa shape index (κ3) is 3.00. The third-order valence-corrected chi connectivity index (χ3v) is 2.71. The Morgan fingerprint density at radius 1 is 1.36 bits per heavy atom. The van der Waals surface area contributed by atoms with E-state index in [0.29, 0.717) is 5.91 Å². The highest BCUT2D eigenvalue weighted by atomic mass is 16.2. The SMILES string of the molecule is CC(C)C(=O)N(CC1CC1)C(C)(C)C. The molecule has 1 rings (SSSR count). The van der Waals surface area contributed by atoms with E-state index in [1.807, 2.05) is 13.8 Å². The van der Waals surface area contributed by atoms with Gasteiger partial charge in [-0.25, -0.2) is 0 Å². The van der Waals surface area contributed by atoms with E-state index in [0.717, 1.165) is 12.5 Å². The molecule has 0 aromatic rings. The van der Waals surface area contributed by atoms with E-state index < -0.39 is 0 Å². The average molecular weight is 197 g/mol. The lowest BCUT2D eigenvalue weighted by atomic mass is 10.0. The maximum Gasteiger partial charge on any atom is 0.225 e. The molecule has 0 saturated heterocycles. The van der Waals surface area contributed by atoms with Crippen molar-refractivity contribution in [3.05, 3.63) is 0 Å². The third-order valence-electron chi connectivity index (χ3n) is 2.71. The van der Waals surface area contributed by atoms with Crippen LogP contribution in [-0.2, 0) is 4.79 Å². The molecule has 82 valence electrons. The first kappa shape index (κ1) is 11.5. The Hall–Kier alpha value is -0.530. The van der Waals surface area contributed by atoms with Gasteiger partial charge >= 0.3 is 0 Å². The molecule has 0 spiro atoms. The summed E-state index contributed by atoms with van der Waals surface area (Å²) in [5, 5.41) is 0. The molecule has 0 aromatic carbocycles. The molecule has 1 amide bonds. The number of rotatable bonds is 3. The lowest BCUT2D eigenvalue weighted by Gasteiger charge is -2.37. The van der Waals surface area contributed by atoms with Gasteiger partial charge in [-0.3, -0.25) is 4.79 Å². The summed E-state index contributed by atoms with van der Waals surface area (Å²) in [7, 11) is 0. The predicted molar refractivity (Wildman–Crippen MR) is 59.0 cm³/mol. The van der Waals surface area contributed by atoms with E-state index in [1.54, 1.807) is 0 Å². The summed E-state index contributed by atoms with van der Waals surface area (Å²) < 4.78 is 0. The highest BCUT2D eigenvalue weighted by Gasteiger charge is 2.33. The molecule has 1 aliphatic carbocycles. The number of hydrogen-bond donors (Lipinski definition) is 0. The van der Waals surface area contributed by atoms with Gasteiger partial charge in [-0.15, -0.1) is 0 Å². The molecule has 0 N–H and O–H groups in total. The smallest absolute Gasteiger partial charge is 0.225 e. The second-order valence-corrected chi connectivity index (χ2v) is 5.72. The molecule has 0 heterocycles. The van der Waals surface area contributed by atoms with Crippen molar-refractivity contribution in [1.29, 1.82) is 0 Å². The maximum absolute atomic E-state index is 12.0. The molecule has 0 bridgehead atoms. The lowest BCUT2D eigenvalue weighted by Crippen LogP contribution is -2.48. The van der Waals surface area contributed by atoms with Gasteiger partial charge in [0, 0.05) is 18.0 Å². The summed E-state index contributed by atoms with van der Waals surface area (Å²) in [4.78, 5) is 14.0. The highest BCUT2D eigenvalue weighted by Crippen LogP contribution is 2.32. The minimum Gasteiger partial charge on any atom is -0.337 e. The molecule has 14 heavy (non-hydrogen) atoms.